The fraction of sp³-hybridized carbons (Fsp3) is 0.140. The molecule has 0 bridgehead atoms. The molecule has 3 N–H and O–H groups in total. The van der Waals surface area contributed by atoms with Crippen LogP contribution >= 0.6 is 0 Å². The molecule has 4 aromatic rings. The first-order valence-electron chi connectivity index (χ1n) is 16.8. The van der Waals surface area contributed by atoms with Crippen LogP contribution in [0.4, 0.5) is 5.69 Å². The van der Waals surface area contributed by atoms with Crippen LogP contribution in [-0.4, -0.2) is 17.1 Å². The summed E-state index contributed by atoms with van der Waals surface area (Å²) in [7, 11) is 0. The Hall–Kier alpha value is -5.81. The molecule has 3 aromatic carbocycles. The summed E-state index contributed by atoms with van der Waals surface area (Å²) in [5.41, 5.74) is 14.2. The lowest BCUT2D eigenvalue weighted by Gasteiger charge is -2.36. The van der Waals surface area contributed by atoms with Crippen molar-refractivity contribution in [3.05, 3.63) is 186 Å². The van der Waals surface area contributed by atoms with Gasteiger partial charge in [0.25, 0.3) is 0 Å². The molecule has 3 unspecified atom stereocenters. The maximum Gasteiger partial charge on any atom is 0.0861 e. The first kappa shape index (κ1) is 28.4. The first-order chi connectivity index (χ1) is 23.6. The number of rotatable bonds is 4. The Balaban J connectivity index is 1.31. The molecule has 5 nitrogen and oxygen atoms in total. The number of fused-ring (bicyclic) bond motifs is 6. The molecule has 0 saturated carbocycles. The number of para-hydroxylation sites is 1. The first-order valence-corrected chi connectivity index (χ1v) is 16.8. The van der Waals surface area contributed by atoms with Crippen molar-refractivity contribution in [1.82, 2.24) is 20.9 Å². The number of anilines is 1. The Bertz CT molecular complexity index is 2160. The van der Waals surface area contributed by atoms with E-state index >= 15 is 0 Å². The topological polar surface area (TPSA) is 52.2 Å². The summed E-state index contributed by atoms with van der Waals surface area (Å²) in [6, 6.07) is 31.2. The molecular formula is C43H37N5. The maximum absolute atomic E-state index is 4.78. The Labute approximate surface area is 282 Å². The highest BCUT2D eigenvalue weighted by Crippen LogP contribution is 2.58. The van der Waals surface area contributed by atoms with Gasteiger partial charge in [-0.1, -0.05) is 105 Å². The molecule has 0 amide bonds. The van der Waals surface area contributed by atoms with Crippen molar-refractivity contribution in [2.24, 2.45) is 0 Å². The summed E-state index contributed by atoms with van der Waals surface area (Å²) >= 11 is 0. The van der Waals surface area contributed by atoms with Gasteiger partial charge in [-0.3, -0.25) is 4.98 Å². The summed E-state index contributed by atoms with van der Waals surface area (Å²) < 4.78 is 0. The minimum atomic E-state index is -0.260. The van der Waals surface area contributed by atoms with Crippen molar-refractivity contribution in [1.29, 1.82) is 0 Å². The lowest BCUT2D eigenvalue weighted by Crippen LogP contribution is -2.46. The second-order valence-electron chi connectivity index (χ2n) is 13.4. The van der Waals surface area contributed by atoms with Crippen LogP contribution in [0.5, 0.6) is 0 Å². The van der Waals surface area contributed by atoms with E-state index in [0.717, 1.165) is 17.1 Å². The van der Waals surface area contributed by atoms with E-state index in [9.17, 15) is 0 Å². The number of nitrogens with zero attached hydrogens (tertiary/aromatic N) is 2. The van der Waals surface area contributed by atoms with E-state index < -0.39 is 0 Å². The van der Waals surface area contributed by atoms with Crippen LogP contribution in [0, 0.1) is 0 Å². The molecule has 0 saturated heterocycles. The van der Waals surface area contributed by atoms with Crippen LogP contribution in [0.3, 0.4) is 0 Å². The second-order valence-corrected chi connectivity index (χ2v) is 13.4. The van der Waals surface area contributed by atoms with Crippen LogP contribution in [0.15, 0.2) is 158 Å². The third-order valence-corrected chi connectivity index (χ3v) is 10.2. The molecule has 3 atom stereocenters. The minimum absolute atomic E-state index is 0.0153. The second kappa shape index (κ2) is 11.2. The Morgan fingerprint density at radius 3 is 2.25 bits per heavy atom. The van der Waals surface area contributed by atoms with Crippen molar-refractivity contribution < 1.29 is 0 Å². The molecule has 234 valence electrons. The van der Waals surface area contributed by atoms with Gasteiger partial charge in [0.1, 0.15) is 0 Å². The molecule has 9 rings (SSSR count). The number of benzene rings is 3. The number of pyridine rings is 1. The van der Waals surface area contributed by atoms with Gasteiger partial charge in [-0.15, -0.1) is 0 Å². The quantitative estimate of drug-likeness (QED) is 0.213. The lowest BCUT2D eigenvalue weighted by atomic mass is 9.76. The van der Waals surface area contributed by atoms with Crippen LogP contribution in [-0.2, 0) is 5.41 Å². The van der Waals surface area contributed by atoms with Crippen molar-refractivity contribution in [2.45, 2.75) is 37.4 Å². The highest BCUT2D eigenvalue weighted by Gasteiger charge is 2.45. The fourth-order valence-corrected chi connectivity index (χ4v) is 7.95. The van der Waals surface area contributed by atoms with E-state index in [1.165, 1.54) is 50.3 Å². The molecule has 4 aliphatic heterocycles. The Kier molecular flexibility index (Phi) is 6.61. The zero-order valence-electron chi connectivity index (χ0n) is 27.1. The molecule has 1 aromatic heterocycles. The normalized spacial score (nSPS) is 22.6. The highest BCUT2D eigenvalue weighted by molar-refractivity contribution is 6.13. The number of nitrogens with one attached hydrogen (secondary N) is 3. The summed E-state index contributed by atoms with van der Waals surface area (Å²) in [6.45, 7) is 4.79. The fourth-order valence-electron chi connectivity index (χ4n) is 7.95. The molecular weight excluding hydrogens is 587 g/mol. The Morgan fingerprint density at radius 1 is 0.708 bits per heavy atom. The van der Waals surface area contributed by atoms with E-state index in [-0.39, 0.29) is 23.5 Å². The Morgan fingerprint density at radius 2 is 1.48 bits per heavy atom. The van der Waals surface area contributed by atoms with Gasteiger partial charge in [0.2, 0.25) is 0 Å². The van der Waals surface area contributed by atoms with Gasteiger partial charge < -0.3 is 20.9 Å². The molecule has 0 radical (unpaired) electrons. The summed E-state index contributed by atoms with van der Waals surface area (Å²) in [6.07, 6.45) is 23.4. The SMILES string of the molecule is CC1(C)C2=C(c3ccc(C4C=CC=CN4)cc31)N(C1=CC(C3C=CC=CN3)NC(c3ccccn3)=C1)c1ccccc1-c1ccccc12. The molecule has 48 heavy (non-hydrogen) atoms. The number of hydrogen-bond donors (Lipinski definition) is 3. The summed E-state index contributed by atoms with van der Waals surface area (Å²) in [4.78, 5) is 7.31. The van der Waals surface area contributed by atoms with E-state index in [0.29, 0.717) is 0 Å². The average Bonchev–Trinajstić information content (AvgIpc) is 3.29. The van der Waals surface area contributed by atoms with E-state index in [4.69, 9.17) is 4.98 Å². The molecule has 1 aliphatic carbocycles. The van der Waals surface area contributed by atoms with Crippen molar-refractivity contribution in [3.63, 3.8) is 0 Å². The summed E-state index contributed by atoms with van der Waals surface area (Å²) in [5.74, 6) is 0. The van der Waals surface area contributed by atoms with Crippen LogP contribution in [0.1, 0.15) is 47.8 Å². The number of hydrogen-bond acceptors (Lipinski definition) is 5. The van der Waals surface area contributed by atoms with Gasteiger partial charge >= 0.3 is 0 Å². The van der Waals surface area contributed by atoms with Gasteiger partial charge in [0.15, 0.2) is 0 Å². The monoisotopic (exact) mass is 623 g/mol. The van der Waals surface area contributed by atoms with Gasteiger partial charge in [0, 0.05) is 28.4 Å². The van der Waals surface area contributed by atoms with Gasteiger partial charge in [-0.25, -0.2) is 0 Å². The van der Waals surface area contributed by atoms with E-state index in [1.807, 2.05) is 36.8 Å². The zero-order chi connectivity index (χ0) is 32.2. The summed E-state index contributed by atoms with van der Waals surface area (Å²) in [5, 5.41) is 10.9. The molecule has 5 heteroatoms. The average molecular weight is 624 g/mol. The standard InChI is InChI=1S/C43H37N5/c1-43(2)34-25-28(35-16-7-10-22-44-35)20-21-33(34)42-41(43)32-15-4-3-13-30(32)31-14-5-6-19-40(31)48(42)29-26-38(36-17-8-11-23-45-36)47-39(27-29)37-18-9-12-24-46-37/h3-27,35-36,38,44-45,47H,1-2H3. The van der Waals surface area contributed by atoms with Crippen LogP contribution in [0.2, 0.25) is 0 Å². The third-order valence-electron chi connectivity index (χ3n) is 10.2. The highest BCUT2D eigenvalue weighted by atomic mass is 15.2. The van der Waals surface area contributed by atoms with Crippen molar-refractivity contribution in [2.75, 3.05) is 4.90 Å². The molecule has 0 fully saturated rings. The van der Waals surface area contributed by atoms with Crippen LogP contribution < -0.4 is 20.9 Å². The van der Waals surface area contributed by atoms with E-state index in [2.05, 4.69) is 150 Å². The molecule has 5 aliphatic rings. The van der Waals surface area contributed by atoms with Gasteiger partial charge in [-0.2, -0.15) is 0 Å². The number of allylic oxidation sites excluding steroid dienone is 6. The van der Waals surface area contributed by atoms with Gasteiger partial charge in [0.05, 0.1) is 40.9 Å². The predicted molar refractivity (Wildman–Crippen MR) is 197 cm³/mol. The molecule has 0 spiro atoms. The third kappa shape index (κ3) is 4.49. The largest absolute Gasteiger partial charge is 0.382 e. The van der Waals surface area contributed by atoms with Gasteiger partial charge in [-0.05, 0) is 82.7 Å². The smallest absolute Gasteiger partial charge is 0.0861 e. The minimum Gasteiger partial charge on any atom is -0.382 e. The zero-order valence-corrected chi connectivity index (χ0v) is 27.1. The maximum atomic E-state index is 4.78. The lowest BCUT2D eigenvalue weighted by molar-refractivity contribution is 0.562. The molecule has 5 heterocycles. The van der Waals surface area contributed by atoms with Crippen molar-refractivity contribution in [3.8, 4) is 11.1 Å². The number of aromatic nitrogens is 1. The van der Waals surface area contributed by atoms with Crippen molar-refractivity contribution >= 4 is 22.7 Å². The number of dihydropyridines is 3. The van der Waals surface area contributed by atoms with Crippen LogP contribution in [0.25, 0.3) is 28.1 Å². The predicted octanol–water partition coefficient (Wildman–Crippen LogP) is 8.38. The van der Waals surface area contributed by atoms with E-state index in [1.54, 1.807) is 0 Å².